The third-order valence-electron chi connectivity index (χ3n) is 5.65. The molecule has 0 amide bonds. The SMILES string of the molecule is CCCN1CCc2nc(OC3CCN(C4CCC4)C3)sc2CC1. The van der Waals surface area contributed by atoms with Gasteiger partial charge >= 0.3 is 0 Å². The maximum atomic E-state index is 6.24. The van der Waals surface area contributed by atoms with Gasteiger partial charge in [-0.2, -0.15) is 0 Å². The van der Waals surface area contributed by atoms with Crippen LogP contribution in [0.15, 0.2) is 0 Å². The lowest BCUT2D eigenvalue weighted by Gasteiger charge is -2.34. The van der Waals surface area contributed by atoms with Gasteiger partial charge in [-0.3, -0.25) is 4.90 Å². The first-order valence-corrected chi connectivity index (χ1v) is 10.2. The van der Waals surface area contributed by atoms with E-state index in [1.807, 2.05) is 0 Å². The molecule has 1 saturated heterocycles. The maximum Gasteiger partial charge on any atom is 0.273 e. The van der Waals surface area contributed by atoms with Crippen molar-refractivity contribution >= 4 is 11.3 Å². The summed E-state index contributed by atoms with van der Waals surface area (Å²) < 4.78 is 6.24. The second-order valence-electron chi connectivity index (χ2n) is 7.30. The summed E-state index contributed by atoms with van der Waals surface area (Å²) in [6, 6.07) is 0.848. The van der Waals surface area contributed by atoms with Crippen LogP contribution in [0.4, 0.5) is 0 Å². The molecule has 2 aliphatic heterocycles. The summed E-state index contributed by atoms with van der Waals surface area (Å²) in [6.07, 6.45) is 9.23. The maximum absolute atomic E-state index is 6.24. The van der Waals surface area contributed by atoms with E-state index in [9.17, 15) is 0 Å². The number of likely N-dealkylation sites (tertiary alicyclic amines) is 1. The van der Waals surface area contributed by atoms with Crippen LogP contribution in [0.1, 0.15) is 49.6 Å². The van der Waals surface area contributed by atoms with Gasteiger partial charge in [0, 0.05) is 43.5 Å². The molecule has 4 rings (SSSR count). The molecule has 0 aromatic carbocycles. The number of nitrogens with zero attached hydrogens (tertiary/aromatic N) is 3. The van der Waals surface area contributed by atoms with Gasteiger partial charge < -0.3 is 9.64 Å². The van der Waals surface area contributed by atoms with E-state index in [-0.39, 0.29) is 0 Å². The van der Waals surface area contributed by atoms with Crippen LogP contribution in [-0.2, 0) is 12.8 Å². The van der Waals surface area contributed by atoms with Gasteiger partial charge in [0.05, 0.1) is 5.69 Å². The summed E-state index contributed by atoms with van der Waals surface area (Å²) in [4.78, 5) is 11.5. The minimum atomic E-state index is 0.363. The van der Waals surface area contributed by atoms with E-state index in [0.717, 1.165) is 37.2 Å². The van der Waals surface area contributed by atoms with Gasteiger partial charge in [0.15, 0.2) is 0 Å². The molecule has 0 bridgehead atoms. The molecule has 128 valence electrons. The first kappa shape index (κ1) is 15.9. The molecule has 23 heavy (non-hydrogen) atoms. The van der Waals surface area contributed by atoms with Crippen LogP contribution in [0, 0.1) is 0 Å². The van der Waals surface area contributed by atoms with E-state index >= 15 is 0 Å². The summed E-state index contributed by atoms with van der Waals surface area (Å²) in [7, 11) is 0. The van der Waals surface area contributed by atoms with Gasteiger partial charge in [-0.15, -0.1) is 0 Å². The van der Waals surface area contributed by atoms with Crippen LogP contribution >= 0.6 is 11.3 Å². The molecular formula is C18H29N3OS. The summed E-state index contributed by atoms with van der Waals surface area (Å²) in [5.74, 6) is 0. The average molecular weight is 336 g/mol. The Kier molecular flexibility index (Phi) is 4.88. The smallest absolute Gasteiger partial charge is 0.273 e. The van der Waals surface area contributed by atoms with Crippen molar-refractivity contribution in [3.8, 4) is 5.19 Å². The third kappa shape index (κ3) is 3.57. The molecule has 1 aliphatic carbocycles. The number of rotatable bonds is 5. The second-order valence-corrected chi connectivity index (χ2v) is 8.35. The molecule has 5 heteroatoms. The predicted octanol–water partition coefficient (Wildman–Crippen LogP) is 2.96. The monoisotopic (exact) mass is 335 g/mol. The third-order valence-corrected chi connectivity index (χ3v) is 6.70. The quantitative estimate of drug-likeness (QED) is 0.827. The number of hydrogen-bond acceptors (Lipinski definition) is 5. The van der Waals surface area contributed by atoms with Crippen molar-refractivity contribution in [3.05, 3.63) is 10.6 Å². The van der Waals surface area contributed by atoms with Crippen LogP contribution < -0.4 is 4.74 Å². The lowest BCUT2D eigenvalue weighted by molar-refractivity contribution is 0.132. The Hall–Kier alpha value is -0.650. The van der Waals surface area contributed by atoms with Gasteiger partial charge in [-0.25, -0.2) is 4.98 Å². The number of fused-ring (bicyclic) bond motifs is 1. The minimum absolute atomic E-state index is 0.363. The Bertz CT molecular complexity index is 503. The van der Waals surface area contributed by atoms with Gasteiger partial charge in [0.1, 0.15) is 6.10 Å². The van der Waals surface area contributed by atoms with Crippen molar-refractivity contribution in [2.24, 2.45) is 0 Å². The van der Waals surface area contributed by atoms with Gasteiger partial charge in [0.25, 0.3) is 5.19 Å². The second kappa shape index (κ2) is 7.08. The molecule has 2 fully saturated rings. The molecule has 0 radical (unpaired) electrons. The van der Waals surface area contributed by atoms with Crippen molar-refractivity contribution in [1.29, 1.82) is 0 Å². The highest BCUT2D eigenvalue weighted by atomic mass is 32.1. The van der Waals surface area contributed by atoms with Crippen molar-refractivity contribution < 1.29 is 4.74 Å². The number of hydrogen-bond donors (Lipinski definition) is 0. The van der Waals surface area contributed by atoms with Gasteiger partial charge in [-0.05, 0) is 38.6 Å². The van der Waals surface area contributed by atoms with E-state index in [1.54, 1.807) is 11.3 Å². The Morgan fingerprint density at radius 3 is 2.83 bits per heavy atom. The molecule has 1 unspecified atom stereocenters. The van der Waals surface area contributed by atoms with Crippen molar-refractivity contribution in [2.45, 2.75) is 64.0 Å². The van der Waals surface area contributed by atoms with Crippen LogP contribution in [0.25, 0.3) is 0 Å². The highest BCUT2D eigenvalue weighted by molar-refractivity contribution is 7.13. The fraction of sp³-hybridized carbons (Fsp3) is 0.833. The summed E-state index contributed by atoms with van der Waals surface area (Å²) in [5, 5.41) is 0.930. The lowest BCUT2D eigenvalue weighted by atomic mass is 9.92. The molecule has 1 aromatic rings. The first-order chi connectivity index (χ1) is 11.3. The van der Waals surface area contributed by atoms with Crippen molar-refractivity contribution in [1.82, 2.24) is 14.8 Å². The highest BCUT2D eigenvalue weighted by Gasteiger charge is 2.33. The molecule has 4 nitrogen and oxygen atoms in total. The number of thiazole rings is 1. The molecule has 3 aliphatic rings. The number of aromatic nitrogens is 1. The summed E-state index contributed by atoms with van der Waals surface area (Å²) >= 11 is 1.81. The Labute approximate surface area is 143 Å². The zero-order valence-electron chi connectivity index (χ0n) is 14.3. The van der Waals surface area contributed by atoms with Crippen LogP contribution in [0.2, 0.25) is 0 Å². The molecule has 1 aromatic heterocycles. The molecular weight excluding hydrogens is 306 g/mol. The standard InChI is InChI=1S/C18H29N3OS/c1-2-9-20-10-7-16-17(8-11-20)23-18(19-16)22-15-6-12-21(13-15)14-4-3-5-14/h14-15H,2-13H2,1H3. The summed E-state index contributed by atoms with van der Waals surface area (Å²) in [6.45, 7) is 8.15. The van der Waals surface area contributed by atoms with E-state index in [4.69, 9.17) is 9.72 Å². The molecule has 3 heterocycles. The topological polar surface area (TPSA) is 28.6 Å². The fourth-order valence-corrected chi connectivity index (χ4v) is 5.06. The summed E-state index contributed by atoms with van der Waals surface area (Å²) in [5.41, 5.74) is 1.30. The normalized spacial score (nSPS) is 26.7. The molecule has 0 spiro atoms. The van der Waals surface area contributed by atoms with Crippen LogP contribution in [-0.4, -0.2) is 59.7 Å². The van der Waals surface area contributed by atoms with E-state index in [1.165, 1.54) is 62.3 Å². The van der Waals surface area contributed by atoms with Crippen molar-refractivity contribution in [2.75, 3.05) is 32.7 Å². The lowest BCUT2D eigenvalue weighted by Crippen LogP contribution is -2.39. The van der Waals surface area contributed by atoms with Gasteiger partial charge in [0.2, 0.25) is 0 Å². The largest absolute Gasteiger partial charge is 0.465 e. The molecule has 1 atom stereocenters. The van der Waals surface area contributed by atoms with Crippen molar-refractivity contribution in [3.63, 3.8) is 0 Å². The Morgan fingerprint density at radius 1 is 1.17 bits per heavy atom. The fourth-order valence-electron chi connectivity index (χ4n) is 4.05. The van der Waals surface area contributed by atoms with E-state index in [0.29, 0.717) is 6.10 Å². The Morgan fingerprint density at radius 2 is 2.04 bits per heavy atom. The van der Waals surface area contributed by atoms with Crippen LogP contribution in [0.5, 0.6) is 5.19 Å². The minimum Gasteiger partial charge on any atom is -0.465 e. The Balaban J connectivity index is 1.32. The number of ether oxygens (including phenoxy) is 1. The molecule has 1 saturated carbocycles. The molecule has 0 N–H and O–H groups in total. The highest BCUT2D eigenvalue weighted by Crippen LogP contribution is 2.32. The first-order valence-electron chi connectivity index (χ1n) is 9.43. The predicted molar refractivity (Wildman–Crippen MR) is 94.5 cm³/mol. The zero-order valence-corrected chi connectivity index (χ0v) is 15.1. The zero-order chi connectivity index (χ0) is 15.6. The van der Waals surface area contributed by atoms with E-state index in [2.05, 4.69) is 16.7 Å². The average Bonchev–Trinajstić information content (AvgIpc) is 3.04. The van der Waals surface area contributed by atoms with E-state index < -0.39 is 0 Å². The van der Waals surface area contributed by atoms with Crippen LogP contribution in [0.3, 0.4) is 0 Å². The van der Waals surface area contributed by atoms with Gasteiger partial charge in [-0.1, -0.05) is 24.7 Å².